The standard InChI is InChI=1S/C22H20F2N4O/c23-16-10-7-11-17(24)20(16)27-22(29)18-14-19(28-12-5-2-6-13-28)26-21(25-18)15-8-3-1-4-9-15/h1,3-4,7-11,14H,2,5-6,12-13H2,(H,27,29). The molecule has 1 amide bonds. The Balaban J connectivity index is 1.72. The number of hydrogen-bond acceptors (Lipinski definition) is 4. The summed E-state index contributed by atoms with van der Waals surface area (Å²) in [4.78, 5) is 23.9. The van der Waals surface area contributed by atoms with E-state index < -0.39 is 23.2 Å². The minimum absolute atomic E-state index is 0.0575. The number of aromatic nitrogens is 2. The molecule has 1 N–H and O–H groups in total. The van der Waals surface area contributed by atoms with Gasteiger partial charge >= 0.3 is 0 Å². The molecule has 2 aromatic carbocycles. The van der Waals surface area contributed by atoms with E-state index in [1.807, 2.05) is 30.3 Å². The number of amides is 1. The Bertz CT molecular complexity index is 1000. The van der Waals surface area contributed by atoms with Gasteiger partial charge in [0.1, 0.15) is 28.8 Å². The van der Waals surface area contributed by atoms with Crippen molar-refractivity contribution < 1.29 is 13.6 Å². The molecule has 1 fully saturated rings. The van der Waals surface area contributed by atoms with Gasteiger partial charge in [-0.3, -0.25) is 4.79 Å². The van der Waals surface area contributed by atoms with Crippen molar-refractivity contribution in [2.45, 2.75) is 19.3 Å². The van der Waals surface area contributed by atoms with Crippen LogP contribution in [0.1, 0.15) is 29.8 Å². The molecular weight excluding hydrogens is 374 g/mol. The maximum Gasteiger partial charge on any atom is 0.274 e. The van der Waals surface area contributed by atoms with E-state index >= 15 is 0 Å². The van der Waals surface area contributed by atoms with E-state index in [4.69, 9.17) is 0 Å². The zero-order chi connectivity index (χ0) is 20.2. The van der Waals surface area contributed by atoms with Gasteiger partial charge in [0.05, 0.1) is 0 Å². The summed E-state index contributed by atoms with van der Waals surface area (Å²) in [6.45, 7) is 1.68. The summed E-state index contributed by atoms with van der Waals surface area (Å²) in [5.74, 6) is -1.34. The monoisotopic (exact) mass is 394 g/mol. The predicted octanol–water partition coefficient (Wildman–Crippen LogP) is 4.66. The lowest BCUT2D eigenvalue weighted by molar-refractivity contribution is 0.102. The van der Waals surface area contributed by atoms with Crippen molar-refractivity contribution in [2.75, 3.05) is 23.3 Å². The molecule has 148 valence electrons. The topological polar surface area (TPSA) is 58.1 Å². The summed E-state index contributed by atoms with van der Waals surface area (Å²) in [6, 6.07) is 14.3. The molecular formula is C22H20F2N4O. The van der Waals surface area contributed by atoms with Crippen LogP contribution < -0.4 is 10.2 Å². The van der Waals surface area contributed by atoms with Crippen molar-refractivity contribution in [2.24, 2.45) is 0 Å². The second-order valence-corrected chi connectivity index (χ2v) is 6.90. The fourth-order valence-electron chi connectivity index (χ4n) is 3.35. The molecule has 0 spiro atoms. The van der Waals surface area contributed by atoms with Crippen molar-refractivity contribution in [1.82, 2.24) is 9.97 Å². The van der Waals surface area contributed by atoms with E-state index in [1.54, 1.807) is 6.07 Å². The van der Waals surface area contributed by atoms with Crippen LogP contribution in [0.5, 0.6) is 0 Å². The molecule has 1 saturated heterocycles. The Morgan fingerprint density at radius 2 is 1.59 bits per heavy atom. The Hall–Kier alpha value is -3.35. The third kappa shape index (κ3) is 4.23. The molecule has 0 bridgehead atoms. The third-order valence-corrected chi connectivity index (χ3v) is 4.86. The molecule has 0 atom stereocenters. The Morgan fingerprint density at radius 1 is 0.897 bits per heavy atom. The number of nitrogens with one attached hydrogen (secondary N) is 1. The molecule has 1 aromatic heterocycles. The molecule has 3 aromatic rings. The van der Waals surface area contributed by atoms with Gasteiger partial charge in [0.25, 0.3) is 5.91 Å². The number of para-hydroxylation sites is 1. The Labute approximate surface area is 167 Å². The highest BCUT2D eigenvalue weighted by molar-refractivity contribution is 6.03. The fourth-order valence-corrected chi connectivity index (χ4v) is 3.35. The average Bonchev–Trinajstić information content (AvgIpc) is 2.77. The lowest BCUT2D eigenvalue weighted by Crippen LogP contribution is -2.31. The molecule has 0 saturated carbocycles. The highest BCUT2D eigenvalue weighted by Crippen LogP contribution is 2.24. The summed E-state index contributed by atoms with van der Waals surface area (Å²) in [5.41, 5.74) is 0.330. The van der Waals surface area contributed by atoms with Gasteiger partial charge in [-0.2, -0.15) is 0 Å². The van der Waals surface area contributed by atoms with Crippen LogP contribution in [0.4, 0.5) is 20.3 Å². The van der Waals surface area contributed by atoms with E-state index in [0.717, 1.165) is 50.0 Å². The zero-order valence-electron chi connectivity index (χ0n) is 15.7. The summed E-state index contributed by atoms with van der Waals surface area (Å²) in [6.07, 6.45) is 3.26. The van der Waals surface area contributed by atoms with Crippen LogP contribution >= 0.6 is 0 Å². The van der Waals surface area contributed by atoms with Crippen molar-refractivity contribution in [1.29, 1.82) is 0 Å². The van der Waals surface area contributed by atoms with Crippen molar-refractivity contribution in [3.05, 3.63) is 71.9 Å². The van der Waals surface area contributed by atoms with Gasteiger partial charge in [0.15, 0.2) is 5.82 Å². The first-order valence-electron chi connectivity index (χ1n) is 9.56. The highest BCUT2D eigenvalue weighted by atomic mass is 19.1. The number of nitrogens with zero attached hydrogens (tertiary/aromatic N) is 3. The minimum Gasteiger partial charge on any atom is -0.356 e. The Kier molecular flexibility index (Phi) is 5.46. The minimum atomic E-state index is -0.841. The average molecular weight is 394 g/mol. The second-order valence-electron chi connectivity index (χ2n) is 6.90. The third-order valence-electron chi connectivity index (χ3n) is 4.86. The Morgan fingerprint density at radius 3 is 2.28 bits per heavy atom. The van der Waals surface area contributed by atoms with Gasteiger partial charge in [-0.15, -0.1) is 0 Å². The molecule has 5 nitrogen and oxygen atoms in total. The number of rotatable bonds is 4. The summed E-state index contributed by atoms with van der Waals surface area (Å²) >= 11 is 0. The van der Waals surface area contributed by atoms with Crippen LogP contribution in [-0.4, -0.2) is 29.0 Å². The van der Waals surface area contributed by atoms with Crippen LogP contribution in [-0.2, 0) is 0 Å². The van der Waals surface area contributed by atoms with Gasteiger partial charge in [0.2, 0.25) is 0 Å². The van der Waals surface area contributed by atoms with E-state index in [-0.39, 0.29) is 5.69 Å². The van der Waals surface area contributed by atoms with Crippen LogP contribution in [0, 0.1) is 11.6 Å². The first-order chi connectivity index (χ1) is 14.1. The van der Waals surface area contributed by atoms with Crippen LogP contribution in [0.25, 0.3) is 11.4 Å². The fraction of sp³-hybridized carbons (Fsp3) is 0.227. The molecule has 2 heterocycles. The normalized spacial score (nSPS) is 13.9. The van der Waals surface area contributed by atoms with Gasteiger partial charge in [-0.05, 0) is 31.4 Å². The van der Waals surface area contributed by atoms with Crippen molar-refractivity contribution in [3.63, 3.8) is 0 Å². The van der Waals surface area contributed by atoms with E-state index in [2.05, 4.69) is 20.2 Å². The quantitative estimate of drug-likeness (QED) is 0.699. The number of anilines is 2. The number of halogens is 2. The van der Waals surface area contributed by atoms with E-state index in [9.17, 15) is 13.6 Å². The number of hydrogen-bond donors (Lipinski definition) is 1. The van der Waals surface area contributed by atoms with Gasteiger partial charge in [-0.25, -0.2) is 18.7 Å². The summed E-state index contributed by atoms with van der Waals surface area (Å²) in [5, 5.41) is 2.31. The van der Waals surface area contributed by atoms with Crippen LogP contribution in [0.3, 0.4) is 0 Å². The maximum atomic E-state index is 13.9. The summed E-state index contributed by atoms with van der Waals surface area (Å²) < 4.78 is 27.9. The van der Waals surface area contributed by atoms with E-state index in [0.29, 0.717) is 11.6 Å². The van der Waals surface area contributed by atoms with Crippen LogP contribution in [0.2, 0.25) is 0 Å². The number of piperidine rings is 1. The molecule has 4 rings (SSSR count). The van der Waals surface area contributed by atoms with Gasteiger partial charge < -0.3 is 10.2 Å². The van der Waals surface area contributed by atoms with Crippen molar-refractivity contribution >= 4 is 17.4 Å². The molecule has 0 aliphatic carbocycles. The molecule has 29 heavy (non-hydrogen) atoms. The summed E-state index contributed by atoms with van der Waals surface area (Å²) in [7, 11) is 0. The highest BCUT2D eigenvalue weighted by Gasteiger charge is 2.20. The maximum absolute atomic E-state index is 13.9. The zero-order valence-corrected chi connectivity index (χ0v) is 15.7. The first-order valence-corrected chi connectivity index (χ1v) is 9.56. The number of carbonyl (C=O) groups is 1. The molecule has 0 radical (unpaired) electrons. The predicted molar refractivity (Wildman–Crippen MR) is 108 cm³/mol. The smallest absolute Gasteiger partial charge is 0.274 e. The van der Waals surface area contributed by atoms with Crippen LogP contribution in [0.15, 0.2) is 54.6 Å². The number of benzene rings is 2. The van der Waals surface area contributed by atoms with E-state index in [1.165, 1.54) is 6.07 Å². The largest absolute Gasteiger partial charge is 0.356 e. The second kappa shape index (κ2) is 8.34. The molecule has 0 unspecified atom stereocenters. The molecule has 1 aliphatic rings. The van der Waals surface area contributed by atoms with Gasteiger partial charge in [0, 0.05) is 24.7 Å². The van der Waals surface area contributed by atoms with Gasteiger partial charge in [-0.1, -0.05) is 36.4 Å². The molecule has 1 aliphatic heterocycles. The SMILES string of the molecule is O=C(Nc1c(F)cccc1F)c1cc(N2CCCCC2)nc(-c2ccccc2)n1. The lowest BCUT2D eigenvalue weighted by atomic mass is 10.1. The lowest BCUT2D eigenvalue weighted by Gasteiger charge is -2.28. The number of carbonyl (C=O) groups excluding carboxylic acids is 1. The first kappa shape index (κ1) is 19.0. The van der Waals surface area contributed by atoms with Crippen molar-refractivity contribution in [3.8, 4) is 11.4 Å². The molecule has 7 heteroatoms.